The van der Waals surface area contributed by atoms with Gasteiger partial charge >= 0.3 is 0 Å². The molecule has 0 fully saturated rings. The highest BCUT2D eigenvalue weighted by molar-refractivity contribution is 5.70. The van der Waals surface area contributed by atoms with E-state index in [2.05, 4.69) is 59.7 Å². The third-order valence-corrected chi connectivity index (χ3v) is 4.26. The molecule has 1 aromatic heterocycles. The standard InChI is InChI=1S/C21H25N3O/c1-3-22-15-19-16(2)23-24-21(19)18-11-7-8-12-20(18)25-14-13-17-9-5-4-6-10-17/h4-12,22H,3,13-15H2,1-2H3,(H,23,24). The third-order valence-electron chi connectivity index (χ3n) is 4.26. The van der Waals surface area contributed by atoms with Crippen LogP contribution in [0.4, 0.5) is 0 Å². The number of hydrogen-bond donors (Lipinski definition) is 2. The Morgan fingerprint density at radius 1 is 1.04 bits per heavy atom. The first-order valence-electron chi connectivity index (χ1n) is 8.80. The molecule has 130 valence electrons. The highest BCUT2D eigenvalue weighted by Gasteiger charge is 2.15. The molecule has 0 saturated carbocycles. The normalized spacial score (nSPS) is 10.8. The first kappa shape index (κ1) is 17.2. The fourth-order valence-electron chi connectivity index (χ4n) is 2.85. The van der Waals surface area contributed by atoms with E-state index < -0.39 is 0 Å². The summed E-state index contributed by atoms with van der Waals surface area (Å²) in [6.07, 6.45) is 0.888. The second-order valence-corrected chi connectivity index (χ2v) is 6.04. The molecular formula is C21H25N3O. The number of aromatic amines is 1. The van der Waals surface area contributed by atoms with Crippen LogP contribution in [0.2, 0.25) is 0 Å². The minimum atomic E-state index is 0.646. The molecule has 0 atom stereocenters. The van der Waals surface area contributed by atoms with Gasteiger partial charge in [-0.05, 0) is 31.2 Å². The maximum absolute atomic E-state index is 6.09. The van der Waals surface area contributed by atoms with E-state index in [4.69, 9.17) is 4.74 Å². The fourth-order valence-corrected chi connectivity index (χ4v) is 2.85. The molecule has 0 aliphatic carbocycles. The van der Waals surface area contributed by atoms with E-state index in [0.29, 0.717) is 6.61 Å². The molecule has 0 unspecified atom stereocenters. The van der Waals surface area contributed by atoms with Crippen LogP contribution in [0.1, 0.15) is 23.7 Å². The molecule has 3 rings (SSSR count). The molecule has 2 aromatic carbocycles. The van der Waals surface area contributed by atoms with Crippen LogP contribution >= 0.6 is 0 Å². The van der Waals surface area contributed by atoms with Gasteiger partial charge in [0.15, 0.2) is 0 Å². The van der Waals surface area contributed by atoms with Gasteiger partial charge in [-0.25, -0.2) is 0 Å². The molecule has 4 heteroatoms. The summed E-state index contributed by atoms with van der Waals surface area (Å²) in [4.78, 5) is 0. The summed E-state index contributed by atoms with van der Waals surface area (Å²) in [5, 5.41) is 11.0. The molecule has 25 heavy (non-hydrogen) atoms. The maximum Gasteiger partial charge on any atom is 0.128 e. The first-order chi connectivity index (χ1) is 12.3. The van der Waals surface area contributed by atoms with Crippen LogP contribution in [0.3, 0.4) is 0 Å². The zero-order valence-corrected chi connectivity index (χ0v) is 14.9. The van der Waals surface area contributed by atoms with E-state index in [9.17, 15) is 0 Å². The molecule has 0 aliphatic rings. The SMILES string of the molecule is CCNCc1c(-c2ccccc2OCCc2ccccc2)n[nH]c1C. The van der Waals surface area contributed by atoms with Crippen LogP contribution in [0, 0.1) is 6.92 Å². The van der Waals surface area contributed by atoms with Crippen molar-refractivity contribution in [1.29, 1.82) is 0 Å². The van der Waals surface area contributed by atoms with Crippen LogP contribution in [-0.4, -0.2) is 23.3 Å². The van der Waals surface area contributed by atoms with Gasteiger partial charge in [0, 0.05) is 29.8 Å². The number of H-pyrrole nitrogens is 1. The number of aryl methyl sites for hydroxylation is 1. The monoisotopic (exact) mass is 335 g/mol. The van der Waals surface area contributed by atoms with Crippen LogP contribution in [0.5, 0.6) is 5.75 Å². The summed E-state index contributed by atoms with van der Waals surface area (Å²) in [7, 11) is 0. The molecule has 0 radical (unpaired) electrons. The Morgan fingerprint density at radius 3 is 2.60 bits per heavy atom. The lowest BCUT2D eigenvalue weighted by molar-refractivity contribution is 0.323. The topological polar surface area (TPSA) is 49.9 Å². The average molecular weight is 335 g/mol. The number of nitrogens with one attached hydrogen (secondary N) is 2. The van der Waals surface area contributed by atoms with E-state index >= 15 is 0 Å². The molecule has 1 heterocycles. The summed E-state index contributed by atoms with van der Waals surface area (Å²) in [5.41, 5.74) is 5.57. The smallest absolute Gasteiger partial charge is 0.128 e. The molecular weight excluding hydrogens is 310 g/mol. The number of para-hydroxylation sites is 1. The Bertz CT molecular complexity index is 796. The van der Waals surface area contributed by atoms with Gasteiger partial charge in [-0.2, -0.15) is 5.10 Å². The second-order valence-electron chi connectivity index (χ2n) is 6.04. The lowest BCUT2D eigenvalue weighted by Gasteiger charge is -2.12. The molecule has 0 aliphatic heterocycles. The highest BCUT2D eigenvalue weighted by atomic mass is 16.5. The van der Waals surface area contributed by atoms with Crippen LogP contribution in [-0.2, 0) is 13.0 Å². The van der Waals surface area contributed by atoms with Crippen molar-refractivity contribution >= 4 is 0 Å². The minimum Gasteiger partial charge on any atom is -0.493 e. The summed E-state index contributed by atoms with van der Waals surface area (Å²) >= 11 is 0. The average Bonchev–Trinajstić information content (AvgIpc) is 3.02. The quantitative estimate of drug-likeness (QED) is 0.651. The lowest BCUT2D eigenvalue weighted by atomic mass is 10.0. The Labute approximate surface area is 149 Å². The van der Waals surface area contributed by atoms with Gasteiger partial charge in [-0.1, -0.05) is 49.4 Å². The zero-order chi connectivity index (χ0) is 17.5. The van der Waals surface area contributed by atoms with Gasteiger partial charge in [-0.15, -0.1) is 0 Å². The van der Waals surface area contributed by atoms with Gasteiger partial charge < -0.3 is 10.1 Å². The number of rotatable bonds is 8. The van der Waals surface area contributed by atoms with Crippen LogP contribution < -0.4 is 10.1 Å². The van der Waals surface area contributed by atoms with E-state index in [-0.39, 0.29) is 0 Å². The number of aromatic nitrogens is 2. The Balaban J connectivity index is 1.77. The van der Waals surface area contributed by atoms with Crippen molar-refractivity contribution in [3.63, 3.8) is 0 Å². The number of nitrogens with zero attached hydrogens (tertiary/aromatic N) is 1. The molecule has 3 aromatic rings. The number of ether oxygens (including phenoxy) is 1. The molecule has 0 spiro atoms. The Kier molecular flexibility index (Phi) is 5.86. The third kappa shape index (κ3) is 4.28. The summed E-state index contributed by atoms with van der Waals surface area (Å²) < 4.78 is 6.09. The first-order valence-corrected chi connectivity index (χ1v) is 8.80. The van der Waals surface area contributed by atoms with Gasteiger partial charge in [0.1, 0.15) is 11.4 Å². The minimum absolute atomic E-state index is 0.646. The largest absolute Gasteiger partial charge is 0.493 e. The van der Waals surface area contributed by atoms with Crippen molar-refractivity contribution in [3.05, 3.63) is 71.4 Å². The molecule has 0 saturated heterocycles. The number of hydrogen-bond acceptors (Lipinski definition) is 3. The van der Waals surface area contributed by atoms with E-state index in [0.717, 1.165) is 42.2 Å². The van der Waals surface area contributed by atoms with Crippen molar-refractivity contribution in [3.8, 4) is 17.0 Å². The van der Waals surface area contributed by atoms with Gasteiger partial charge in [0.25, 0.3) is 0 Å². The summed E-state index contributed by atoms with van der Waals surface area (Å²) in [5.74, 6) is 0.877. The van der Waals surface area contributed by atoms with Crippen LogP contribution in [0.25, 0.3) is 11.3 Å². The predicted molar refractivity (Wildman–Crippen MR) is 102 cm³/mol. The molecule has 2 N–H and O–H groups in total. The van der Waals surface area contributed by atoms with Crippen molar-refractivity contribution in [2.75, 3.05) is 13.2 Å². The Hall–Kier alpha value is -2.59. The van der Waals surface area contributed by atoms with E-state index in [1.807, 2.05) is 24.3 Å². The van der Waals surface area contributed by atoms with Crippen LogP contribution in [0.15, 0.2) is 54.6 Å². The molecule has 0 amide bonds. The van der Waals surface area contributed by atoms with E-state index in [1.165, 1.54) is 11.1 Å². The number of benzene rings is 2. The van der Waals surface area contributed by atoms with Crippen molar-refractivity contribution in [1.82, 2.24) is 15.5 Å². The summed E-state index contributed by atoms with van der Waals surface area (Å²) in [6.45, 7) is 6.54. The highest BCUT2D eigenvalue weighted by Crippen LogP contribution is 2.32. The van der Waals surface area contributed by atoms with Crippen molar-refractivity contribution in [2.45, 2.75) is 26.8 Å². The summed E-state index contributed by atoms with van der Waals surface area (Å²) in [6, 6.07) is 18.5. The zero-order valence-electron chi connectivity index (χ0n) is 14.9. The second kappa shape index (κ2) is 8.49. The Morgan fingerprint density at radius 2 is 1.80 bits per heavy atom. The van der Waals surface area contributed by atoms with Gasteiger partial charge in [0.05, 0.1) is 6.61 Å². The predicted octanol–water partition coefficient (Wildman–Crippen LogP) is 4.12. The molecule has 4 nitrogen and oxygen atoms in total. The fraction of sp³-hybridized carbons (Fsp3) is 0.286. The van der Waals surface area contributed by atoms with E-state index in [1.54, 1.807) is 0 Å². The van der Waals surface area contributed by atoms with Crippen molar-refractivity contribution < 1.29 is 4.74 Å². The molecule has 0 bridgehead atoms. The van der Waals surface area contributed by atoms with Gasteiger partial charge in [-0.3, -0.25) is 5.10 Å². The van der Waals surface area contributed by atoms with Crippen molar-refractivity contribution in [2.24, 2.45) is 0 Å². The van der Waals surface area contributed by atoms with Gasteiger partial charge in [0.2, 0.25) is 0 Å². The maximum atomic E-state index is 6.09. The lowest BCUT2D eigenvalue weighted by Crippen LogP contribution is -2.13.